The molecule has 0 bridgehead atoms. The molecule has 8 heteroatoms. The largest absolute Gasteiger partial charge is 0.386 e. The molecular formula is C26H30N6O2. The van der Waals surface area contributed by atoms with Crippen LogP contribution in [0.2, 0.25) is 0 Å². The SMILES string of the molecule is Cc1nc2ccc(CCC(=O)N(C)CC3(O)CCCN(c4ccnc5ccncc45)C3)cc2[nH]1. The maximum Gasteiger partial charge on any atom is 0.222 e. The van der Waals surface area contributed by atoms with E-state index in [1.165, 1.54) is 0 Å². The Balaban J connectivity index is 1.23. The van der Waals surface area contributed by atoms with Gasteiger partial charge in [-0.25, -0.2) is 4.98 Å². The van der Waals surface area contributed by atoms with E-state index in [0.717, 1.165) is 52.0 Å². The van der Waals surface area contributed by atoms with E-state index in [9.17, 15) is 9.90 Å². The summed E-state index contributed by atoms with van der Waals surface area (Å²) in [6.45, 7) is 3.56. The van der Waals surface area contributed by atoms with E-state index in [-0.39, 0.29) is 5.91 Å². The Kier molecular flexibility index (Phi) is 5.91. The van der Waals surface area contributed by atoms with E-state index < -0.39 is 5.60 Å². The van der Waals surface area contributed by atoms with Gasteiger partial charge in [-0.05, 0) is 56.0 Å². The van der Waals surface area contributed by atoms with Crippen LogP contribution in [0.25, 0.3) is 21.9 Å². The van der Waals surface area contributed by atoms with Gasteiger partial charge in [-0.2, -0.15) is 0 Å². The Labute approximate surface area is 198 Å². The van der Waals surface area contributed by atoms with Crippen molar-refractivity contribution in [2.75, 3.05) is 31.6 Å². The molecule has 0 radical (unpaired) electrons. The molecule has 1 aliphatic heterocycles. The van der Waals surface area contributed by atoms with E-state index in [1.807, 2.05) is 37.4 Å². The molecule has 4 aromatic rings. The van der Waals surface area contributed by atoms with E-state index in [4.69, 9.17) is 0 Å². The van der Waals surface area contributed by atoms with Crippen molar-refractivity contribution in [3.05, 3.63) is 60.3 Å². The van der Waals surface area contributed by atoms with Crippen LogP contribution in [0.5, 0.6) is 0 Å². The summed E-state index contributed by atoms with van der Waals surface area (Å²) in [4.78, 5) is 33.1. The number of benzene rings is 1. The smallest absolute Gasteiger partial charge is 0.222 e. The molecule has 34 heavy (non-hydrogen) atoms. The van der Waals surface area contributed by atoms with E-state index >= 15 is 0 Å². The predicted octanol–water partition coefficient (Wildman–Crippen LogP) is 3.24. The highest BCUT2D eigenvalue weighted by Crippen LogP contribution is 2.31. The van der Waals surface area contributed by atoms with Gasteiger partial charge < -0.3 is 19.9 Å². The fraction of sp³-hybridized carbons (Fsp3) is 0.385. The van der Waals surface area contributed by atoms with E-state index in [0.29, 0.717) is 32.4 Å². The number of hydrogen-bond acceptors (Lipinski definition) is 6. The molecule has 0 spiro atoms. The number of fused-ring (bicyclic) bond motifs is 2. The van der Waals surface area contributed by atoms with Crippen LogP contribution in [0.15, 0.2) is 48.9 Å². The summed E-state index contributed by atoms with van der Waals surface area (Å²) in [6, 6.07) is 9.94. The first-order valence-corrected chi connectivity index (χ1v) is 11.8. The number of nitrogens with zero attached hydrogens (tertiary/aromatic N) is 5. The second-order valence-corrected chi connectivity index (χ2v) is 9.40. The fourth-order valence-electron chi connectivity index (χ4n) is 5.01. The third kappa shape index (κ3) is 4.59. The maximum atomic E-state index is 12.9. The van der Waals surface area contributed by atoms with Crippen molar-refractivity contribution in [3.8, 4) is 0 Å². The highest BCUT2D eigenvalue weighted by atomic mass is 16.3. The zero-order valence-corrected chi connectivity index (χ0v) is 19.7. The molecule has 1 aliphatic rings. The topological polar surface area (TPSA) is 98.2 Å². The zero-order valence-electron chi connectivity index (χ0n) is 19.7. The summed E-state index contributed by atoms with van der Waals surface area (Å²) in [5.41, 5.74) is 3.97. The number of pyridine rings is 2. The van der Waals surface area contributed by atoms with Crippen molar-refractivity contribution in [3.63, 3.8) is 0 Å². The Bertz CT molecular complexity index is 1330. The molecule has 3 aromatic heterocycles. The lowest BCUT2D eigenvalue weighted by Gasteiger charge is -2.42. The van der Waals surface area contributed by atoms with Gasteiger partial charge in [0.05, 0.1) is 28.7 Å². The molecule has 5 rings (SSSR count). The number of aliphatic hydroxyl groups is 1. The van der Waals surface area contributed by atoms with Crippen LogP contribution >= 0.6 is 0 Å². The number of rotatable bonds is 6. The average molecular weight is 459 g/mol. The van der Waals surface area contributed by atoms with E-state index in [2.05, 4.69) is 30.9 Å². The quantitative estimate of drug-likeness (QED) is 0.460. The van der Waals surface area contributed by atoms with Gasteiger partial charge in [0, 0.05) is 56.2 Å². The fourth-order valence-corrected chi connectivity index (χ4v) is 5.01. The molecular weight excluding hydrogens is 428 g/mol. The second-order valence-electron chi connectivity index (χ2n) is 9.40. The van der Waals surface area contributed by atoms with Gasteiger partial charge in [0.1, 0.15) is 5.82 Å². The average Bonchev–Trinajstić information content (AvgIpc) is 3.21. The molecule has 2 N–H and O–H groups in total. The molecule has 0 aliphatic carbocycles. The first kappa shape index (κ1) is 22.3. The molecule has 8 nitrogen and oxygen atoms in total. The summed E-state index contributed by atoms with van der Waals surface area (Å²) in [5, 5.41) is 12.4. The number of H-pyrrole nitrogens is 1. The van der Waals surface area contributed by atoms with Gasteiger partial charge in [-0.15, -0.1) is 0 Å². The van der Waals surface area contributed by atoms with Crippen molar-refractivity contribution < 1.29 is 9.90 Å². The Morgan fingerprint density at radius 3 is 3.00 bits per heavy atom. The van der Waals surface area contributed by atoms with Gasteiger partial charge in [-0.3, -0.25) is 14.8 Å². The molecule has 176 valence electrons. The van der Waals surface area contributed by atoms with Crippen molar-refractivity contribution >= 4 is 33.5 Å². The number of nitrogens with one attached hydrogen (secondary N) is 1. The lowest BCUT2D eigenvalue weighted by molar-refractivity contribution is -0.133. The van der Waals surface area contributed by atoms with Gasteiger partial charge >= 0.3 is 0 Å². The minimum Gasteiger partial charge on any atom is -0.386 e. The number of β-amino-alcohol motifs (C(OH)–C–C–N with tert-alkyl or cyclic N) is 1. The molecule has 0 saturated carbocycles. The Hall–Kier alpha value is -3.52. The predicted molar refractivity (Wildman–Crippen MR) is 133 cm³/mol. The van der Waals surface area contributed by atoms with Gasteiger partial charge in [0.25, 0.3) is 0 Å². The highest BCUT2D eigenvalue weighted by molar-refractivity contribution is 5.90. The lowest BCUT2D eigenvalue weighted by atomic mass is 9.91. The Morgan fingerprint density at radius 1 is 1.24 bits per heavy atom. The van der Waals surface area contributed by atoms with E-state index in [1.54, 1.807) is 24.3 Å². The van der Waals surface area contributed by atoms with Crippen molar-refractivity contribution in [2.24, 2.45) is 0 Å². The Morgan fingerprint density at radius 2 is 2.12 bits per heavy atom. The number of hydrogen-bond donors (Lipinski definition) is 2. The third-order valence-electron chi connectivity index (χ3n) is 6.67. The summed E-state index contributed by atoms with van der Waals surface area (Å²) in [6.07, 6.45) is 7.92. The van der Waals surface area contributed by atoms with Gasteiger partial charge in [0.15, 0.2) is 0 Å². The normalized spacial score (nSPS) is 18.5. The van der Waals surface area contributed by atoms with Crippen molar-refractivity contribution in [2.45, 2.75) is 38.2 Å². The number of anilines is 1. The molecule has 1 amide bonds. The number of amides is 1. The van der Waals surface area contributed by atoms with Crippen molar-refractivity contribution in [1.82, 2.24) is 24.8 Å². The third-order valence-corrected chi connectivity index (χ3v) is 6.67. The van der Waals surface area contributed by atoms with Crippen LogP contribution in [-0.4, -0.2) is 68.1 Å². The molecule has 4 heterocycles. The number of aromatic amines is 1. The number of carbonyl (C=O) groups is 1. The molecule has 1 unspecified atom stereocenters. The lowest BCUT2D eigenvalue weighted by Crippen LogP contribution is -2.54. The van der Waals surface area contributed by atoms with Crippen molar-refractivity contribution in [1.29, 1.82) is 0 Å². The summed E-state index contributed by atoms with van der Waals surface area (Å²) < 4.78 is 0. The number of carbonyl (C=O) groups excluding carboxylic acids is 1. The van der Waals surface area contributed by atoms with Crippen LogP contribution in [0.4, 0.5) is 5.69 Å². The van der Waals surface area contributed by atoms with Crippen LogP contribution in [0, 0.1) is 6.92 Å². The standard InChI is InChI=1S/C26H30N6O2/c1-18-29-22-6-4-19(14-23(22)30-18)5-7-25(33)31(2)16-26(34)10-3-13-32(17-26)24-9-12-28-21-8-11-27-15-20(21)24/h4,6,8-9,11-12,14-15,34H,3,5,7,10,13,16-17H2,1-2H3,(H,29,30). The number of piperidine rings is 1. The van der Waals surface area contributed by atoms with Gasteiger partial charge in [0.2, 0.25) is 5.91 Å². The zero-order chi connectivity index (χ0) is 23.7. The maximum absolute atomic E-state index is 12.9. The first-order chi connectivity index (χ1) is 16.4. The minimum atomic E-state index is -0.965. The van der Waals surface area contributed by atoms with Crippen LogP contribution in [0.3, 0.4) is 0 Å². The molecule has 1 fully saturated rings. The first-order valence-electron chi connectivity index (χ1n) is 11.8. The number of likely N-dealkylation sites (N-methyl/N-ethyl adjacent to an activating group) is 1. The monoisotopic (exact) mass is 458 g/mol. The molecule has 1 atom stereocenters. The second kappa shape index (κ2) is 9.02. The number of aryl methyl sites for hydroxylation is 2. The summed E-state index contributed by atoms with van der Waals surface area (Å²) >= 11 is 0. The molecule has 1 aromatic carbocycles. The van der Waals surface area contributed by atoms with Crippen LogP contribution in [-0.2, 0) is 11.2 Å². The highest BCUT2D eigenvalue weighted by Gasteiger charge is 2.36. The van der Waals surface area contributed by atoms with Crippen LogP contribution in [0.1, 0.15) is 30.7 Å². The summed E-state index contributed by atoms with van der Waals surface area (Å²) in [5.74, 6) is 0.916. The minimum absolute atomic E-state index is 0.0324. The summed E-state index contributed by atoms with van der Waals surface area (Å²) in [7, 11) is 1.78. The number of aromatic nitrogens is 4. The number of imidazole rings is 1. The van der Waals surface area contributed by atoms with Crippen LogP contribution < -0.4 is 4.90 Å². The molecule has 1 saturated heterocycles. The van der Waals surface area contributed by atoms with Gasteiger partial charge in [-0.1, -0.05) is 6.07 Å².